The van der Waals surface area contributed by atoms with Crippen LogP contribution in [0, 0.1) is 0 Å². The van der Waals surface area contributed by atoms with Crippen molar-refractivity contribution < 1.29 is 0 Å². The summed E-state index contributed by atoms with van der Waals surface area (Å²) in [6, 6.07) is 0.579. The lowest BCUT2D eigenvalue weighted by Crippen LogP contribution is -2.45. The van der Waals surface area contributed by atoms with Crippen LogP contribution in [0.15, 0.2) is 11.8 Å². The molecule has 1 aliphatic carbocycles. The summed E-state index contributed by atoms with van der Waals surface area (Å²) in [7, 11) is 0. The molecule has 1 saturated heterocycles. The number of allylic oxidation sites excluding steroid dienone is 1. The highest BCUT2D eigenvalue weighted by atomic mass is 15.1. The molecule has 0 spiro atoms. The third-order valence-corrected chi connectivity index (χ3v) is 3.33. The third kappa shape index (κ3) is 2.30. The molecule has 80 valence electrons. The minimum absolute atomic E-state index is 0.289. The molecule has 2 aliphatic rings. The van der Waals surface area contributed by atoms with Crippen molar-refractivity contribution in [1.82, 2.24) is 10.6 Å². The Kier molecular flexibility index (Phi) is 2.82. The van der Waals surface area contributed by atoms with Crippen LogP contribution < -0.4 is 10.6 Å². The van der Waals surface area contributed by atoms with Gasteiger partial charge in [0.1, 0.15) is 0 Å². The summed E-state index contributed by atoms with van der Waals surface area (Å²) in [6.07, 6.45) is 8.86. The smallest absolute Gasteiger partial charge is 0.0470 e. The van der Waals surface area contributed by atoms with Gasteiger partial charge in [0, 0.05) is 23.8 Å². The Morgan fingerprint density at radius 1 is 1.36 bits per heavy atom. The summed E-state index contributed by atoms with van der Waals surface area (Å²) in [4.78, 5) is 0. The van der Waals surface area contributed by atoms with Gasteiger partial charge in [0.2, 0.25) is 0 Å². The van der Waals surface area contributed by atoms with Gasteiger partial charge in [-0.05, 0) is 39.5 Å². The predicted molar refractivity (Wildman–Crippen MR) is 60.2 cm³/mol. The van der Waals surface area contributed by atoms with Crippen LogP contribution in [-0.2, 0) is 0 Å². The first-order valence-corrected chi connectivity index (χ1v) is 5.89. The number of rotatable bonds is 0. The van der Waals surface area contributed by atoms with Crippen molar-refractivity contribution in [2.45, 2.75) is 57.5 Å². The van der Waals surface area contributed by atoms with Gasteiger partial charge in [-0.25, -0.2) is 0 Å². The molecule has 0 unspecified atom stereocenters. The Morgan fingerprint density at radius 3 is 3.07 bits per heavy atom. The summed E-state index contributed by atoms with van der Waals surface area (Å²) in [5.41, 5.74) is 1.74. The SMILES string of the molecule is CC1(C)CCNC2=CCCCC[C@H]2N1. The lowest BCUT2D eigenvalue weighted by Gasteiger charge is -2.28. The molecule has 0 saturated carbocycles. The minimum atomic E-state index is 0.289. The van der Waals surface area contributed by atoms with Crippen molar-refractivity contribution in [3.05, 3.63) is 11.8 Å². The molecule has 0 aromatic rings. The van der Waals surface area contributed by atoms with Crippen molar-refractivity contribution >= 4 is 0 Å². The molecule has 0 aromatic carbocycles. The molecule has 2 heteroatoms. The van der Waals surface area contributed by atoms with E-state index >= 15 is 0 Å². The molecule has 1 heterocycles. The largest absolute Gasteiger partial charge is 0.387 e. The maximum atomic E-state index is 3.77. The van der Waals surface area contributed by atoms with E-state index in [9.17, 15) is 0 Å². The highest BCUT2D eigenvalue weighted by Crippen LogP contribution is 2.22. The molecule has 0 amide bonds. The molecular formula is C12H22N2. The molecule has 2 N–H and O–H groups in total. The quantitative estimate of drug-likeness (QED) is 0.617. The van der Waals surface area contributed by atoms with Crippen LogP contribution >= 0.6 is 0 Å². The van der Waals surface area contributed by atoms with Crippen LogP contribution in [0.25, 0.3) is 0 Å². The van der Waals surface area contributed by atoms with Crippen molar-refractivity contribution in [3.63, 3.8) is 0 Å². The lowest BCUT2D eigenvalue weighted by atomic mass is 9.99. The van der Waals surface area contributed by atoms with E-state index in [2.05, 4.69) is 30.6 Å². The molecule has 2 nitrogen and oxygen atoms in total. The standard InChI is InChI=1S/C12H22N2/c1-12(2)8-9-13-10-6-4-3-5-7-11(10)14-12/h6,11,13-14H,3-5,7-9H2,1-2H3/t11-/m1/s1. The third-order valence-electron chi connectivity index (χ3n) is 3.33. The van der Waals surface area contributed by atoms with Crippen LogP contribution in [0.2, 0.25) is 0 Å². The van der Waals surface area contributed by atoms with E-state index in [1.54, 1.807) is 0 Å². The molecule has 0 bridgehead atoms. The van der Waals surface area contributed by atoms with Crippen molar-refractivity contribution in [2.24, 2.45) is 0 Å². The molecule has 2 rings (SSSR count). The average molecular weight is 194 g/mol. The summed E-state index contributed by atoms with van der Waals surface area (Å²) >= 11 is 0. The molecule has 1 atom stereocenters. The maximum absolute atomic E-state index is 3.77. The van der Waals surface area contributed by atoms with Gasteiger partial charge in [0.25, 0.3) is 0 Å². The number of hydrogen-bond acceptors (Lipinski definition) is 2. The summed E-state index contributed by atoms with van der Waals surface area (Å²) in [5.74, 6) is 0. The van der Waals surface area contributed by atoms with Crippen LogP contribution in [0.4, 0.5) is 0 Å². The van der Waals surface area contributed by atoms with Gasteiger partial charge in [0.15, 0.2) is 0 Å². The zero-order valence-corrected chi connectivity index (χ0v) is 9.40. The zero-order chi connectivity index (χ0) is 10.0. The monoisotopic (exact) mass is 194 g/mol. The molecule has 0 aromatic heterocycles. The Balaban J connectivity index is 2.13. The van der Waals surface area contributed by atoms with Crippen LogP contribution in [0.1, 0.15) is 46.0 Å². The first-order chi connectivity index (χ1) is 6.67. The van der Waals surface area contributed by atoms with Crippen LogP contribution in [0.3, 0.4) is 0 Å². The molecule has 14 heavy (non-hydrogen) atoms. The van der Waals surface area contributed by atoms with Crippen molar-refractivity contribution in [2.75, 3.05) is 6.54 Å². The Labute approximate surface area is 87.2 Å². The van der Waals surface area contributed by atoms with E-state index in [4.69, 9.17) is 0 Å². The van der Waals surface area contributed by atoms with E-state index in [1.165, 1.54) is 37.8 Å². The normalized spacial score (nSPS) is 31.9. The van der Waals surface area contributed by atoms with E-state index < -0.39 is 0 Å². The summed E-state index contributed by atoms with van der Waals surface area (Å²) in [6.45, 7) is 5.73. The van der Waals surface area contributed by atoms with E-state index in [0.717, 1.165) is 6.54 Å². The van der Waals surface area contributed by atoms with Gasteiger partial charge >= 0.3 is 0 Å². The number of hydrogen-bond donors (Lipinski definition) is 2. The first-order valence-electron chi connectivity index (χ1n) is 5.89. The van der Waals surface area contributed by atoms with Gasteiger partial charge in [-0.1, -0.05) is 12.5 Å². The molecule has 1 fully saturated rings. The van der Waals surface area contributed by atoms with E-state index in [-0.39, 0.29) is 5.54 Å². The number of fused-ring (bicyclic) bond motifs is 1. The van der Waals surface area contributed by atoms with Gasteiger partial charge in [-0.2, -0.15) is 0 Å². The highest BCUT2D eigenvalue weighted by Gasteiger charge is 2.27. The van der Waals surface area contributed by atoms with Crippen molar-refractivity contribution in [3.8, 4) is 0 Å². The Bertz CT molecular complexity index is 230. The second-order valence-corrected chi connectivity index (χ2v) is 5.20. The fraction of sp³-hybridized carbons (Fsp3) is 0.833. The van der Waals surface area contributed by atoms with Crippen LogP contribution in [0.5, 0.6) is 0 Å². The Hall–Kier alpha value is -0.500. The highest BCUT2D eigenvalue weighted by molar-refractivity contribution is 5.13. The number of nitrogens with one attached hydrogen (secondary N) is 2. The average Bonchev–Trinajstić information content (AvgIpc) is 2.36. The van der Waals surface area contributed by atoms with Gasteiger partial charge in [-0.3, -0.25) is 0 Å². The second-order valence-electron chi connectivity index (χ2n) is 5.20. The van der Waals surface area contributed by atoms with Crippen LogP contribution in [-0.4, -0.2) is 18.1 Å². The van der Waals surface area contributed by atoms with E-state index in [1.807, 2.05) is 0 Å². The first kappa shape index (κ1) is 10.0. The van der Waals surface area contributed by atoms with Crippen molar-refractivity contribution in [1.29, 1.82) is 0 Å². The minimum Gasteiger partial charge on any atom is -0.387 e. The van der Waals surface area contributed by atoms with Gasteiger partial charge in [-0.15, -0.1) is 0 Å². The lowest BCUT2D eigenvalue weighted by molar-refractivity contribution is 0.343. The molecule has 0 radical (unpaired) electrons. The fourth-order valence-corrected chi connectivity index (χ4v) is 2.46. The second kappa shape index (κ2) is 3.93. The zero-order valence-electron chi connectivity index (χ0n) is 9.40. The fourth-order valence-electron chi connectivity index (χ4n) is 2.46. The molecule has 1 aliphatic heterocycles. The predicted octanol–water partition coefficient (Wildman–Crippen LogP) is 2.17. The maximum Gasteiger partial charge on any atom is 0.0470 e. The van der Waals surface area contributed by atoms with Gasteiger partial charge < -0.3 is 10.6 Å². The van der Waals surface area contributed by atoms with E-state index in [0.29, 0.717) is 6.04 Å². The summed E-state index contributed by atoms with van der Waals surface area (Å²) in [5, 5.41) is 7.34. The topological polar surface area (TPSA) is 24.1 Å². The molecular weight excluding hydrogens is 172 g/mol. The Morgan fingerprint density at radius 2 is 2.21 bits per heavy atom. The van der Waals surface area contributed by atoms with Gasteiger partial charge in [0.05, 0.1) is 0 Å². The summed E-state index contributed by atoms with van der Waals surface area (Å²) < 4.78 is 0.